The predicted octanol–water partition coefficient (Wildman–Crippen LogP) is 4.92. The van der Waals surface area contributed by atoms with Gasteiger partial charge >= 0.3 is 0 Å². The van der Waals surface area contributed by atoms with Gasteiger partial charge < -0.3 is 24.9 Å². The van der Waals surface area contributed by atoms with E-state index in [1.807, 2.05) is 0 Å². The Labute approximate surface area is 209 Å². The zero-order chi connectivity index (χ0) is 24.7. The summed E-state index contributed by atoms with van der Waals surface area (Å²) in [5.74, 6) is 0. The van der Waals surface area contributed by atoms with E-state index in [-0.39, 0.29) is 19.8 Å². The van der Waals surface area contributed by atoms with Crippen LogP contribution in [-0.4, -0.2) is 77.0 Å². The highest BCUT2D eigenvalue weighted by Gasteiger charge is 2.23. The maximum absolute atomic E-state index is 9.18. The van der Waals surface area contributed by atoms with Crippen LogP contribution < -0.4 is 5.73 Å². The quantitative estimate of drug-likeness (QED) is 0.0916. The molecule has 0 fully saturated rings. The average molecular weight is 490 g/mol. The molecule has 0 amide bonds. The van der Waals surface area contributed by atoms with Crippen molar-refractivity contribution in [1.82, 2.24) is 0 Å². The summed E-state index contributed by atoms with van der Waals surface area (Å²) in [4.78, 5) is 0. The Balaban J connectivity index is 3.39. The van der Waals surface area contributed by atoms with Gasteiger partial charge in [0, 0.05) is 0 Å². The Morgan fingerprint density at radius 1 is 0.667 bits per heavy atom. The van der Waals surface area contributed by atoms with Crippen LogP contribution in [0.25, 0.3) is 0 Å². The highest BCUT2D eigenvalue weighted by Crippen LogP contribution is 2.14. The second-order valence-corrected chi connectivity index (χ2v) is 12.6. The van der Waals surface area contributed by atoms with Crippen LogP contribution in [0.4, 0.5) is 0 Å². The molecule has 0 aliphatic rings. The monoisotopic (exact) mass is 489 g/mol. The second-order valence-electron chi connectivity index (χ2n) is 11.1. The molecule has 0 atom stereocenters. The number of hydrogen-bond acceptors (Lipinski definition) is 4. The van der Waals surface area contributed by atoms with Gasteiger partial charge in [-0.05, 0) is 25.3 Å². The minimum absolute atomic E-state index is 0.235. The molecule has 0 rings (SSSR count). The summed E-state index contributed by atoms with van der Waals surface area (Å²) in [5.41, 5.74) is 4.85. The van der Waals surface area contributed by atoms with Gasteiger partial charge in [0.2, 0.25) is 0 Å². The third kappa shape index (κ3) is 22.2. The van der Waals surface area contributed by atoms with Crippen LogP contribution in [0.5, 0.6) is 0 Å². The van der Waals surface area contributed by atoms with Crippen molar-refractivity contribution < 1.29 is 19.1 Å². The van der Waals surface area contributed by atoms with Crippen LogP contribution in [0.1, 0.15) is 116 Å². The first kappa shape index (κ1) is 33.0. The molecular weight excluding hydrogens is 428 g/mol. The van der Waals surface area contributed by atoms with Crippen molar-refractivity contribution in [2.75, 3.05) is 47.0 Å². The summed E-state index contributed by atoms with van der Waals surface area (Å²) in [7, 11) is 4.07. The zero-order valence-electron chi connectivity index (χ0n) is 22.8. The van der Waals surface area contributed by atoms with Gasteiger partial charge in [0.15, 0.2) is 9.76 Å². The van der Waals surface area contributed by atoms with Gasteiger partial charge in [0.05, 0.1) is 52.5 Å². The average Bonchev–Trinajstić information content (AvgIpc) is 2.80. The Bertz CT molecular complexity index is 407. The molecule has 4 N–H and O–H groups in total. The first-order chi connectivity index (χ1) is 15.9. The molecule has 0 saturated heterocycles. The molecule has 0 aromatic rings. The fraction of sp³-hybridized carbons (Fsp3) is 1.00. The Kier molecular flexibility index (Phi) is 22.5. The lowest BCUT2D eigenvalue weighted by atomic mass is 10.0. The van der Waals surface area contributed by atoms with Gasteiger partial charge in [-0.1, -0.05) is 96.8 Å². The van der Waals surface area contributed by atoms with E-state index in [9.17, 15) is 10.2 Å². The van der Waals surface area contributed by atoms with Gasteiger partial charge in [-0.2, -0.15) is 0 Å². The van der Waals surface area contributed by atoms with Crippen LogP contribution in [0, 0.1) is 0 Å². The molecular formula is C27H61N2O3Si+. The van der Waals surface area contributed by atoms with Crippen molar-refractivity contribution in [3.63, 3.8) is 0 Å². The number of rotatable bonds is 26. The van der Waals surface area contributed by atoms with E-state index in [0.717, 1.165) is 10.5 Å². The van der Waals surface area contributed by atoms with Crippen molar-refractivity contribution in [1.29, 1.82) is 0 Å². The first-order valence-electron chi connectivity index (χ1n) is 14.3. The Hall–Kier alpha value is 0.0169. The number of aliphatic hydroxyl groups is 2. The maximum Gasteiger partial charge on any atom is 0.161 e. The molecule has 33 heavy (non-hydrogen) atoms. The minimum Gasteiger partial charge on any atom is -0.422 e. The van der Waals surface area contributed by atoms with Crippen molar-refractivity contribution >= 4 is 9.76 Å². The summed E-state index contributed by atoms with van der Waals surface area (Å²) in [5, 5.41) is 18.4. The van der Waals surface area contributed by atoms with Crippen molar-refractivity contribution in [3.05, 3.63) is 0 Å². The highest BCUT2D eigenvalue weighted by molar-refractivity contribution is 6.27. The van der Waals surface area contributed by atoms with E-state index in [4.69, 9.17) is 10.2 Å². The summed E-state index contributed by atoms with van der Waals surface area (Å²) >= 11 is 0. The topological polar surface area (TPSA) is 75.7 Å². The first-order valence-corrected chi connectivity index (χ1v) is 15.9. The third-order valence-electron chi connectivity index (χ3n) is 6.94. The lowest BCUT2D eigenvalue weighted by molar-refractivity contribution is -0.890. The number of nitrogens with two attached hydrogens (primary N) is 1. The van der Waals surface area contributed by atoms with Crippen molar-refractivity contribution in [2.45, 2.75) is 128 Å². The summed E-state index contributed by atoms with van der Waals surface area (Å²) in [6, 6.07) is 1.13. The molecule has 0 saturated carbocycles. The predicted molar refractivity (Wildman–Crippen MR) is 146 cm³/mol. The number of unbranched alkanes of at least 4 members (excludes halogenated alkanes) is 15. The summed E-state index contributed by atoms with van der Waals surface area (Å²) in [6.07, 6.45) is 24.0. The van der Waals surface area contributed by atoms with Gasteiger partial charge in [-0.3, -0.25) is 0 Å². The number of nitrogens with zero attached hydrogens (tertiary/aromatic N) is 1. The lowest BCUT2D eigenvalue weighted by Crippen LogP contribution is -2.51. The molecule has 6 heteroatoms. The molecule has 0 aromatic carbocycles. The Morgan fingerprint density at radius 2 is 1.06 bits per heavy atom. The van der Waals surface area contributed by atoms with E-state index in [2.05, 4.69) is 21.0 Å². The molecule has 0 unspecified atom stereocenters. The van der Waals surface area contributed by atoms with Crippen molar-refractivity contribution in [3.8, 4) is 0 Å². The highest BCUT2D eigenvalue weighted by atomic mass is 28.2. The molecule has 0 heterocycles. The molecule has 0 spiro atoms. The second kappa shape index (κ2) is 22.5. The fourth-order valence-corrected chi connectivity index (χ4v) is 5.54. The van der Waals surface area contributed by atoms with Gasteiger partial charge in [0.25, 0.3) is 0 Å². The SMILES string of the molecule is CCCCCCCCCCCCCCCCCC[N+](C)(C)CCC[SiH2]OCC(N)(CO)CO. The molecule has 0 aliphatic carbocycles. The molecule has 0 aromatic heterocycles. The van der Waals surface area contributed by atoms with Crippen LogP contribution in [-0.2, 0) is 4.43 Å². The van der Waals surface area contributed by atoms with E-state index in [1.54, 1.807) is 0 Å². The molecule has 5 nitrogen and oxygen atoms in total. The summed E-state index contributed by atoms with van der Waals surface area (Å²) < 4.78 is 6.77. The fourth-order valence-electron chi connectivity index (χ4n) is 4.36. The van der Waals surface area contributed by atoms with Gasteiger partial charge in [-0.15, -0.1) is 0 Å². The molecule has 0 aliphatic heterocycles. The van der Waals surface area contributed by atoms with E-state index >= 15 is 0 Å². The molecule has 0 radical (unpaired) electrons. The zero-order valence-corrected chi connectivity index (χ0v) is 24.2. The number of quaternary nitrogens is 1. The van der Waals surface area contributed by atoms with Gasteiger partial charge in [0.1, 0.15) is 0 Å². The molecule has 0 bridgehead atoms. The lowest BCUT2D eigenvalue weighted by Gasteiger charge is -2.30. The van der Waals surface area contributed by atoms with Crippen LogP contribution in [0.3, 0.4) is 0 Å². The van der Waals surface area contributed by atoms with Gasteiger partial charge in [-0.25, -0.2) is 0 Å². The van der Waals surface area contributed by atoms with E-state index in [0.29, 0.717) is 0 Å². The standard InChI is InChI=1S/C27H61N2O3Si/c1-4-5-6-7-8-9-10-11-12-13-14-15-16-17-18-19-21-29(2,3)22-20-23-33-32-26-27(28,24-30)25-31/h30-31H,4-26,28,33H2,1-3H3/q+1. The van der Waals surface area contributed by atoms with Crippen LogP contribution in [0.2, 0.25) is 6.04 Å². The number of hydrogen-bond donors (Lipinski definition) is 3. The largest absolute Gasteiger partial charge is 0.422 e. The van der Waals surface area contributed by atoms with E-state index in [1.165, 1.54) is 122 Å². The number of aliphatic hydroxyl groups excluding tert-OH is 2. The maximum atomic E-state index is 9.18. The normalized spacial score (nSPS) is 12.9. The molecule has 200 valence electrons. The minimum atomic E-state index is -0.977. The van der Waals surface area contributed by atoms with E-state index < -0.39 is 15.3 Å². The Morgan fingerprint density at radius 3 is 1.48 bits per heavy atom. The summed E-state index contributed by atoms with van der Waals surface area (Å²) in [6.45, 7) is 4.55. The third-order valence-corrected chi connectivity index (χ3v) is 8.22. The smallest absolute Gasteiger partial charge is 0.161 e. The van der Waals surface area contributed by atoms with Crippen molar-refractivity contribution in [2.24, 2.45) is 5.73 Å². The van der Waals surface area contributed by atoms with Crippen LogP contribution in [0.15, 0.2) is 0 Å². The van der Waals surface area contributed by atoms with Crippen LogP contribution >= 0.6 is 0 Å².